The molecule has 88 valence electrons. The molecule has 3 nitrogen and oxygen atoms in total. The van der Waals surface area contributed by atoms with Gasteiger partial charge in [-0.2, -0.15) is 0 Å². The zero-order valence-electron chi connectivity index (χ0n) is 10.3. The van der Waals surface area contributed by atoms with Crippen LogP contribution in [0.5, 0.6) is 11.6 Å². The molecule has 0 fully saturated rings. The molecule has 0 saturated heterocycles. The first-order valence-corrected chi connectivity index (χ1v) is 5.53. The van der Waals surface area contributed by atoms with Crippen LogP contribution < -0.4 is 10.5 Å². The van der Waals surface area contributed by atoms with Gasteiger partial charge in [-0.3, -0.25) is 0 Å². The lowest BCUT2D eigenvalue weighted by molar-refractivity contribution is 0.459. The van der Waals surface area contributed by atoms with E-state index in [4.69, 9.17) is 10.5 Å². The number of hydrogen-bond acceptors (Lipinski definition) is 3. The number of nitrogen functional groups attached to an aromatic ring is 1. The van der Waals surface area contributed by atoms with Gasteiger partial charge in [0.25, 0.3) is 0 Å². The van der Waals surface area contributed by atoms with Crippen molar-refractivity contribution in [2.45, 2.75) is 20.8 Å². The zero-order valence-corrected chi connectivity index (χ0v) is 10.3. The Morgan fingerprint density at radius 2 is 1.82 bits per heavy atom. The van der Waals surface area contributed by atoms with Crippen LogP contribution >= 0.6 is 0 Å². The van der Waals surface area contributed by atoms with E-state index < -0.39 is 0 Å². The van der Waals surface area contributed by atoms with Crippen molar-refractivity contribution < 1.29 is 4.74 Å². The highest BCUT2D eigenvalue weighted by atomic mass is 16.5. The molecule has 0 saturated carbocycles. The van der Waals surface area contributed by atoms with Gasteiger partial charge in [-0.25, -0.2) is 4.98 Å². The number of nitrogens with two attached hydrogens (primary N) is 1. The summed E-state index contributed by atoms with van der Waals surface area (Å²) in [5.41, 5.74) is 9.71. The number of pyridine rings is 1. The van der Waals surface area contributed by atoms with Crippen LogP contribution in [0.1, 0.15) is 16.7 Å². The molecule has 3 heteroatoms. The molecular weight excluding hydrogens is 212 g/mol. The minimum Gasteiger partial charge on any atom is -0.439 e. The van der Waals surface area contributed by atoms with E-state index in [1.165, 1.54) is 0 Å². The van der Waals surface area contributed by atoms with Gasteiger partial charge >= 0.3 is 0 Å². The molecule has 0 spiro atoms. The second kappa shape index (κ2) is 4.45. The summed E-state index contributed by atoms with van der Waals surface area (Å²) in [6, 6.07) is 7.82. The van der Waals surface area contributed by atoms with Gasteiger partial charge in [0.05, 0.1) is 0 Å². The van der Waals surface area contributed by atoms with Crippen molar-refractivity contribution >= 4 is 5.69 Å². The molecule has 0 aliphatic rings. The van der Waals surface area contributed by atoms with Crippen molar-refractivity contribution in [3.63, 3.8) is 0 Å². The van der Waals surface area contributed by atoms with Crippen molar-refractivity contribution in [1.82, 2.24) is 4.98 Å². The lowest BCUT2D eigenvalue weighted by Crippen LogP contribution is -1.95. The van der Waals surface area contributed by atoms with Crippen molar-refractivity contribution in [3.8, 4) is 11.6 Å². The summed E-state index contributed by atoms with van der Waals surface area (Å²) in [6.45, 7) is 5.96. The van der Waals surface area contributed by atoms with Crippen molar-refractivity contribution in [3.05, 3.63) is 47.2 Å². The van der Waals surface area contributed by atoms with E-state index in [9.17, 15) is 0 Å². The number of rotatable bonds is 2. The minimum atomic E-state index is 0.529. The van der Waals surface area contributed by atoms with E-state index in [-0.39, 0.29) is 0 Å². The molecule has 1 heterocycles. The lowest BCUT2D eigenvalue weighted by atomic mass is 10.1. The van der Waals surface area contributed by atoms with Gasteiger partial charge in [0.2, 0.25) is 5.88 Å². The third-order valence-corrected chi connectivity index (χ3v) is 2.68. The second-order valence-electron chi connectivity index (χ2n) is 4.25. The van der Waals surface area contributed by atoms with Crippen molar-refractivity contribution in [2.75, 3.05) is 5.73 Å². The average molecular weight is 228 g/mol. The van der Waals surface area contributed by atoms with Gasteiger partial charge < -0.3 is 10.5 Å². The normalized spacial score (nSPS) is 10.3. The standard InChI is InChI=1S/C14H16N2O/c1-9-4-5-10(2)13(6-9)17-14-7-12(15)11(3)8-16-14/h4-8H,1-3H3,(H2,15,16). The molecule has 0 aliphatic heterocycles. The SMILES string of the molecule is Cc1ccc(C)c(Oc2cc(N)c(C)cn2)c1. The topological polar surface area (TPSA) is 48.1 Å². The summed E-state index contributed by atoms with van der Waals surface area (Å²) >= 11 is 0. The van der Waals surface area contributed by atoms with Gasteiger partial charge in [0.15, 0.2) is 0 Å². The maximum Gasteiger partial charge on any atom is 0.221 e. The fraction of sp³-hybridized carbons (Fsp3) is 0.214. The van der Waals surface area contributed by atoms with Crippen LogP contribution in [0.25, 0.3) is 0 Å². The van der Waals surface area contributed by atoms with E-state index in [1.807, 2.05) is 32.9 Å². The molecule has 1 aromatic carbocycles. The van der Waals surface area contributed by atoms with Gasteiger partial charge in [-0.1, -0.05) is 12.1 Å². The van der Waals surface area contributed by atoms with Crippen molar-refractivity contribution in [2.24, 2.45) is 0 Å². The highest BCUT2D eigenvalue weighted by Crippen LogP contribution is 2.26. The lowest BCUT2D eigenvalue weighted by Gasteiger charge is -2.09. The van der Waals surface area contributed by atoms with Crippen LogP contribution in [0.4, 0.5) is 5.69 Å². The highest BCUT2D eigenvalue weighted by molar-refractivity contribution is 5.48. The molecule has 0 bridgehead atoms. The summed E-state index contributed by atoms with van der Waals surface area (Å²) in [4.78, 5) is 4.20. The molecule has 0 atom stereocenters. The molecule has 1 aromatic heterocycles. The van der Waals surface area contributed by atoms with E-state index in [1.54, 1.807) is 12.3 Å². The largest absolute Gasteiger partial charge is 0.439 e. The number of aryl methyl sites for hydroxylation is 3. The third kappa shape index (κ3) is 2.56. The fourth-order valence-corrected chi connectivity index (χ4v) is 1.50. The quantitative estimate of drug-likeness (QED) is 0.857. The number of aromatic nitrogens is 1. The van der Waals surface area contributed by atoms with Crippen LogP contribution in [0.2, 0.25) is 0 Å². The first-order chi connectivity index (χ1) is 8.06. The molecule has 2 N–H and O–H groups in total. The molecule has 0 radical (unpaired) electrons. The first kappa shape index (κ1) is 11.5. The van der Waals surface area contributed by atoms with E-state index in [0.717, 1.165) is 22.4 Å². The summed E-state index contributed by atoms with van der Waals surface area (Å²) in [5, 5.41) is 0. The van der Waals surface area contributed by atoms with Gasteiger partial charge in [0, 0.05) is 18.0 Å². The Labute approximate surface area is 101 Å². The Bertz CT molecular complexity index is 550. The molecule has 17 heavy (non-hydrogen) atoms. The third-order valence-electron chi connectivity index (χ3n) is 2.68. The Morgan fingerprint density at radius 1 is 1.06 bits per heavy atom. The Morgan fingerprint density at radius 3 is 2.53 bits per heavy atom. The number of nitrogens with zero attached hydrogens (tertiary/aromatic N) is 1. The van der Waals surface area contributed by atoms with Crippen LogP contribution in [-0.4, -0.2) is 4.98 Å². The Hall–Kier alpha value is -2.03. The zero-order chi connectivity index (χ0) is 12.4. The Balaban J connectivity index is 2.31. The number of benzene rings is 1. The molecule has 0 unspecified atom stereocenters. The summed E-state index contributed by atoms with van der Waals surface area (Å²) < 4.78 is 5.73. The summed E-state index contributed by atoms with van der Waals surface area (Å²) in [5.74, 6) is 1.35. The Kier molecular flexibility index (Phi) is 3.00. The molecule has 2 rings (SSSR count). The van der Waals surface area contributed by atoms with Gasteiger partial charge in [0.1, 0.15) is 5.75 Å². The monoisotopic (exact) mass is 228 g/mol. The van der Waals surface area contributed by atoms with E-state index >= 15 is 0 Å². The van der Waals surface area contributed by atoms with Crippen LogP contribution in [0, 0.1) is 20.8 Å². The van der Waals surface area contributed by atoms with E-state index in [0.29, 0.717) is 11.6 Å². The summed E-state index contributed by atoms with van der Waals surface area (Å²) in [7, 11) is 0. The van der Waals surface area contributed by atoms with E-state index in [2.05, 4.69) is 11.1 Å². The number of anilines is 1. The van der Waals surface area contributed by atoms with Gasteiger partial charge in [-0.05, 0) is 43.5 Å². The maximum atomic E-state index is 5.82. The highest BCUT2D eigenvalue weighted by Gasteiger charge is 2.04. The first-order valence-electron chi connectivity index (χ1n) is 5.53. The van der Waals surface area contributed by atoms with Gasteiger partial charge in [-0.15, -0.1) is 0 Å². The molecular formula is C14H16N2O. The second-order valence-corrected chi connectivity index (χ2v) is 4.25. The number of ether oxygens (including phenoxy) is 1. The van der Waals surface area contributed by atoms with Crippen LogP contribution in [-0.2, 0) is 0 Å². The predicted molar refractivity (Wildman–Crippen MR) is 69.4 cm³/mol. The molecule has 2 aromatic rings. The maximum absolute atomic E-state index is 5.82. The smallest absolute Gasteiger partial charge is 0.221 e. The van der Waals surface area contributed by atoms with Crippen LogP contribution in [0.3, 0.4) is 0 Å². The molecule has 0 amide bonds. The molecule has 0 aliphatic carbocycles. The minimum absolute atomic E-state index is 0.529. The van der Waals surface area contributed by atoms with Crippen molar-refractivity contribution in [1.29, 1.82) is 0 Å². The summed E-state index contributed by atoms with van der Waals surface area (Å²) in [6.07, 6.45) is 1.72. The fourth-order valence-electron chi connectivity index (χ4n) is 1.50. The number of hydrogen-bond donors (Lipinski definition) is 1. The average Bonchev–Trinajstić information content (AvgIpc) is 2.29. The predicted octanol–water partition coefficient (Wildman–Crippen LogP) is 3.38. The van der Waals surface area contributed by atoms with Crippen LogP contribution in [0.15, 0.2) is 30.5 Å².